The van der Waals surface area contributed by atoms with Gasteiger partial charge >= 0.3 is 5.97 Å². The third-order valence-corrected chi connectivity index (χ3v) is 1.87. The van der Waals surface area contributed by atoms with Gasteiger partial charge in [0.2, 0.25) is 0 Å². The van der Waals surface area contributed by atoms with Crippen molar-refractivity contribution < 1.29 is 9.90 Å². The maximum Gasteiger partial charge on any atom is 0.331 e. The molecule has 2 heteroatoms. The van der Waals surface area contributed by atoms with Crippen LogP contribution in [0.3, 0.4) is 0 Å². The van der Waals surface area contributed by atoms with Crippen LogP contribution in [0.1, 0.15) is 26.2 Å². The molecule has 0 aromatic rings. The van der Waals surface area contributed by atoms with E-state index in [1.807, 2.05) is 19.1 Å². The van der Waals surface area contributed by atoms with Crippen molar-refractivity contribution in [2.75, 3.05) is 0 Å². The van der Waals surface area contributed by atoms with Crippen LogP contribution in [0, 0.1) is 0 Å². The first-order valence-corrected chi connectivity index (χ1v) is 3.78. The van der Waals surface area contributed by atoms with Crippen LogP contribution in [-0.2, 0) is 4.79 Å². The smallest absolute Gasteiger partial charge is 0.331 e. The van der Waals surface area contributed by atoms with Crippen molar-refractivity contribution in [2.45, 2.75) is 26.2 Å². The van der Waals surface area contributed by atoms with Gasteiger partial charge in [0.15, 0.2) is 0 Å². The zero-order chi connectivity index (χ0) is 8.27. The lowest BCUT2D eigenvalue weighted by Crippen LogP contribution is -1.98. The average molecular weight is 152 g/mol. The zero-order valence-electron chi connectivity index (χ0n) is 6.63. The van der Waals surface area contributed by atoms with Gasteiger partial charge in [-0.2, -0.15) is 0 Å². The van der Waals surface area contributed by atoms with E-state index in [4.69, 9.17) is 5.11 Å². The Kier molecular flexibility index (Phi) is 2.47. The van der Waals surface area contributed by atoms with Gasteiger partial charge in [0.25, 0.3) is 0 Å². The predicted octanol–water partition coefficient (Wildman–Crippen LogP) is 2.13. The van der Waals surface area contributed by atoms with Crippen LogP contribution >= 0.6 is 0 Å². The van der Waals surface area contributed by atoms with Crippen molar-refractivity contribution >= 4 is 5.97 Å². The molecule has 0 atom stereocenters. The van der Waals surface area contributed by atoms with E-state index in [9.17, 15) is 4.79 Å². The monoisotopic (exact) mass is 152 g/mol. The molecule has 0 aliphatic heterocycles. The summed E-state index contributed by atoms with van der Waals surface area (Å²) in [6.45, 7) is 2.04. The summed E-state index contributed by atoms with van der Waals surface area (Å²) in [5.41, 5.74) is 1.82. The van der Waals surface area contributed by atoms with E-state index in [0.29, 0.717) is 12.0 Å². The fraction of sp³-hybridized carbons (Fsp3) is 0.444. The topological polar surface area (TPSA) is 37.3 Å². The summed E-state index contributed by atoms with van der Waals surface area (Å²) in [5.74, 6) is -0.782. The molecule has 0 spiro atoms. The van der Waals surface area contributed by atoms with Gasteiger partial charge in [-0.25, -0.2) is 4.79 Å². The van der Waals surface area contributed by atoms with Crippen LogP contribution in [0.25, 0.3) is 0 Å². The summed E-state index contributed by atoms with van der Waals surface area (Å²) < 4.78 is 0. The lowest BCUT2D eigenvalue weighted by atomic mass is 10.2. The number of hydrogen-bond acceptors (Lipinski definition) is 1. The summed E-state index contributed by atoms with van der Waals surface area (Å²) in [4.78, 5) is 10.5. The Balaban J connectivity index is 2.69. The Bertz CT molecular complexity index is 224. The molecule has 0 saturated heterocycles. The molecule has 0 unspecified atom stereocenters. The van der Waals surface area contributed by atoms with E-state index >= 15 is 0 Å². The molecule has 1 N–H and O–H groups in total. The molecule has 1 rings (SSSR count). The fourth-order valence-electron chi connectivity index (χ4n) is 1.12. The van der Waals surface area contributed by atoms with E-state index in [1.54, 1.807) is 0 Å². The fourth-order valence-corrected chi connectivity index (χ4v) is 1.12. The van der Waals surface area contributed by atoms with Gasteiger partial charge in [-0.3, -0.25) is 0 Å². The van der Waals surface area contributed by atoms with Gasteiger partial charge in [-0.1, -0.05) is 17.7 Å². The van der Waals surface area contributed by atoms with Crippen molar-refractivity contribution in [3.05, 3.63) is 23.3 Å². The van der Waals surface area contributed by atoms with Crippen LogP contribution < -0.4 is 0 Å². The number of rotatable bonds is 1. The van der Waals surface area contributed by atoms with Gasteiger partial charge in [-0.05, 0) is 26.2 Å². The molecule has 0 aromatic heterocycles. The second-order valence-corrected chi connectivity index (χ2v) is 2.83. The number of allylic oxidation sites excluding steroid dienone is 3. The van der Waals surface area contributed by atoms with Crippen LogP contribution in [0.4, 0.5) is 0 Å². The van der Waals surface area contributed by atoms with Gasteiger partial charge in [0.1, 0.15) is 0 Å². The molecule has 0 radical (unpaired) electrons. The van der Waals surface area contributed by atoms with Gasteiger partial charge < -0.3 is 5.11 Å². The number of hydrogen-bond donors (Lipinski definition) is 1. The van der Waals surface area contributed by atoms with Crippen LogP contribution in [0.15, 0.2) is 23.3 Å². The van der Waals surface area contributed by atoms with Gasteiger partial charge in [0.05, 0.1) is 0 Å². The highest BCUT2D eigenvalue weighted by Gasteiger charge is 2.07. The maximum absolute atomic E-state index is 10.5. The van der Waals surface area contributed by atoms with Crippen molar-refractivity contribution in [2.24, 2.45) is 0 Å². The highest BCUT2D eigenvalue weighted by molar-refractivity contribution is 5.86. The van der Waals surface area contributed by atoms with Crippen LogP contribution in [0.5, 0.6) is 0 Å². The first-order valence-electron chi connectivity index (χ1n) is 3.78. The lowest BCUT2D eigenvalue weighted by Gasteiger charge is -1.93. The number of aliphatic carboxylic acids is 1. The summed E-state index contributed by atoms with van der Waals surface area (Å²) in [7, 11) is 0. The Morgan fingerprint density at radius 1 is 1.55 bits per heavy atom. The molecule has 0 bridgehead atoms. The molecular formula is C9H12O2. The summed E-state index contributed by atoms with van der Waals surface area (Å²) in [6.07, 6.45) is 6.25. The highest BCUT2D eigenvalue weighted by atomic mass is 16.4. The molecule has 0 saturated carbocycles. The highest BCUT2D eigenvalue weighted by Crippen LogP contribution is 2.16. The first-order chi connectivity index (χ1) is 5.20. The average Bonchev–Trinajstić information content (AvgIpc) is 2.13. The molecule has 11 heavy (non-hydrogen) atoms. The molecule has 1 aliphatic rings. The summed E-state index contributed by atoms with van der Waals surface area (Å²) in [5, 5.41) is 8.65. The largest absolute Gasteiger partial charge is 0.478 e. The van der Waals surface area contributed by atoms with Gasteiger partial charge in [0, 0.05) is 5.57 Å². The van der Waals surface area contributed by atoms with E-state index in [0.717, 1.165) is 12.8 Å². The van der Waals surface area contributed by atoms with Crippen molar-refractivity contribution in [1.82, 2.24) is 0 Å². The van der Waals surface area contributed by atoms with Crippen molar-refractivity contribution in [1.29, 1.82) is 0 Å². The molecule has 2 nitrogen and oxygen atoms in total. The van der Waals surface area contributed by atoms with Gasteiger partial charge in [-0.15, -0.1) is 0 Å². The van der Waals surface area contributed by atoms with Crippen molar-refractivity contribution in [3.8, 4) is 0 Å². The SMILES string of the molecule is CC1=CCC(C(=O)O)=CCC1. The molecule has 0 amide bonds. The van der Waals surface area contributed by atoms with Crippen LogP contribution in [-0.4, -0.2) is 11.1 Å². The molecule has 0 fully saturated rings. The molecule has 0 heterocycles. The van der Waals surface area contributed by atoms with E-state index in [2.05, 4.69) is 0 Å². The predicted molar refractivity (Wildman–Crippen MR) is 43.3 cm³/mol. The third-order valence-electron chi connectivity index (χ3n) is 1.87. The Morgan fingerprint density at radius 3 is 2.91 bits per heavy atom. The van der Waals surface area contributed by atoms with E-state index in [1.165, 1.54) is 5.57 Å². The third kappa shape index (κ3) is 2.22. The van der Waals surface area contributed by atoms with Crippen molar-refractivity contribution in [3.63, 3.8) is 0 Å². The maximum atomic E-state index is 10.5. The number of carbonyl (C=O) groups is 1. The zero-order valence-corrected chi connectivity index (χ0v) is 6.63. The number of carboxylic acids is 1. The summed E-state index contributed by atoms with van der Waals surface area (Å²) >= 11 is 0. The van der Waals surface area contributed by atoms with E-state index < -0.39 is 5.97 Å². The lowest BCUT2D eigenvalue weighted by molar-refractivity contribution is -0.132. The minimum absolute atomic E-state index is 0.529. The first kappa shape index (κ1) is 8.05. The standard InChI is InChI=1S/C9H12O2/c1-7-3-2-4-8(6-5-7)9(10)11/h4-5H,2-3,6H2,1H3,(H,10,11). The van der Waals surface area contributed by atoms with Crippen LogP contribution in [0.2, 0.25) is 0 Å². The number of carboxylic acid groups (broad SMARTS) is 1. The second-order valence-electron chi connectivity index (χ2n) is 2.83. The van der Waals surface area contributed by atoms with E-state index in [-0.39, 0.29) is 0 Å². The normalized spacial score (nSPS) is 18.3. The molecule has 1 aliphatic carbocycles. The minimum atomic E-state index is -0.782. The molecule has 60 valence electrons. The summed E-state index contributed by atoms with van der Waals surface area (Å²) in [6, 6.07) is 0. The quantitative estimate of drug-likeness (QED) is 0.584. The molecule has 0 aromatic carbocycles. The Hall–Kier alpha value is -1.05. The Labute approximate surface area is 66.2 Å². The minimum Gasteiger partial charge on any atom is -0.478 e. The molecular weight excluding hydrogens is 140 g/mol. The Morgan fingerprint density at radius 2 is 2.27 bits per heavy atom. The second kappa shape index (κ2) is 3.37.